The van der Waals surface area contributed by atoms with Gasteiger partial charge in [-0.1, -0.05) is 41.9 Å². The van der Waals surface area contributed by atoms with Crippen LogP contribution in [-0.2, 0) is 5.41 Å². The molecule has 2 nitrogen and oxygen atoms in total. The molecule has 4 rings (SSSR count). The predicted octanol–water partition coefficient (Wildman–Crippen LogP) is 4.18. The highest BCUT2D eigenvalue weighted by atomic mass is 79.9. The maximum Gasteiger partial charge on any atom is 0.0890 e. The monoisotopic (exact) mass is 316 g/mol. The number of fused-ring (bicyclic) bond motifs is 6. The van der Waals surface area contributed by atoms with Gasteiger partial charge in [-0.05, 0) is 30.4 Å². The van der Waals surface area contributed by atoms with Gasteiger partial charge in [-0.15, -0.1) is 0 Å². The molecule has 0 saturated heterocycles. The summed E-state index contributed by atoms with van der Waals surface area (Å²) in [6.07, 6.45) is 2.48. The Kier molecular flexibility index (Phi) is 2.22. The topological polar surface area (TPSA) is 25.8 Å². The lowest BCUT2D eigenvalue weighted by molar-refractivity contribution is 0.236. The van der Waals surface area contributed by atoms with Crippen molar-refractivity contribution in [1.82, 2.24) is 9.97 Å². The highest BCUT2D eigenvalue weighted by Crippen LogP contribution is 2.67. The summed E-state index contributed by atoms with van der Waals surface area (Å²) in [5.74, 6) is 0.559. The summed E-state index contributed by atoms with van der Waals surface area (Å²) in [6.45, 7) is 4.77. The molecule has 98 valence electrons. The van der Waals surface area contributed by atoms with Crippen molar-refractivity contribution >= 4 is 27.0 Å². The summed E-state index contributed by atoms with van der Waals surface area (Å²) in [5, 5.41) is 1.02. The van der Waals surface area contributed by atoms with Crippen molar-refractivity contribution in [3.63, 3.8) is 0 Å². The maximum absolute atomic E-state index is 4.97. The number of para-hydroxylation sites is 2. The first-order valence-electron chi connectivity index (χ1n) is 6.93. The van der Waals surface area contributed by atoms with Crippen LogP contribution < -0.4 is 0 Å². The fraction of sp³-hybridized carbons (Fsp3) is 0.500. The Balaban J connectivity index is 2.05. The van der Waals surface area contributed by atoms with Gasteiger partial charge in [0, 0.05) is 16.7 Å². The number of rotatable bonds is 1. The molecule has 1 heterocycles. The molecule has 3 heteroatoms. The van der Waals surface area contributed by atoms with E-state index < -0.39 is 0 Å². The van der Waals surface area contributed by atoms with E-state index in [2.05, 4.69) is 41.9 Å². The molecule has 1 aromatic heterocycles. The number of alkyl halides is 1. The Morgan fingerprint density at radius 3 is 2.58 bits per heavy atom. The van der Waals surface area contributed by atoms with Gasteiger partial charge in [0.25, 0.3) is 0 Å². The Morgan fingerprint density at radius 1 is 1.21 bits per heavy atom. The third kappa shape index (κ3) is 1.23. The lowest BCUT2D eigenvalue weighted by Gasteiger charge is -2.36. The van der Waals surface area contributed by atoms with Gasteiger partial charge in [0.2, 0.25) is 0 Å². The minimum absolute atomic E-state index is 0.174. The molecule has 0 N–H and O–H groups in total. The second-order valence-corrected chi connectivity index (χ2v) is 6.98. The Bertz CT molecular complexity index is 684. The van der Waals surface area contributed by atoms with Crippen molar-refractivity contribution in [3.05, 3.63) is 35.7 Å². The summed E-state index contributed by atoms with van der Waals surface area (Å²) >= 11 is 3.75. The van der Waals surface area contributed by atoms with Crippen LogP contribution >= 0.6 is 15.9 Å². The van der Waals surface area contributed by atoms with Crippen LogP contribution in [-0.4, -0.2) is 15.3 Å². The minimum Gasteiger partial charge on any atom is -0.249 e. The molecule has 1 saturated carbocycles. The van der Waals surface area contributed by atoms with E-state index >= 15 is 0 Å². The zero-order chi connectivity index (χ0) is 13.3. The third-order valence-corrected chi connectivity index (χ3v) is 6.86. The van der Waals surface area contributed by atoms with Crippen molar-refractivity contribution in [2.75, 3.05) is 5.33 Å². The van der Waals surface area contributed by atoms with Crippen LogP contribution in [0.3, 0.4) is 0 Å². The van der Waals surface area contributed by atoms with Crippen LogP contribution in [0.2, 0.25) is 0 Å². The fourth-order valence-electron chi connectivity index (χ4n) is 4.15. The van der Waals surface area contributed by atoms with E-state index in [9.17, 15) is 0 Å². The van der Waals surface area contributed by atoms with Crippen molar-refractivity contribution in [2.45, 2.75) is 38.0 Å². The zero-order valence-electron chi connectivity index (χ0n) is 11.3. The van der Waals surface area contributed by atoms with E-state index in [0.29, 0.717) is 5.92 Å². The van der Waals surface area contributed by atoms with Crippen LogP contribution in [0.25, 0.3) is 11.0 Å². The molecule has 0 radical (unpaired) electrons. The molecular weight excluding hydrogens is 300 g/mol. The van der Waals surface area contributed by atoms with Crippen molar-refractivity contribution in [1.29, 1.82) is 0 Å². The number of benzene rings is 1. The summed E-state index contributed by atoms with van der Waals surface area (Å²) in [5.41, 5.74) is 5.01. The number of nitrogens with zero attached hydrogens (tertiary/aromatic N) is 2. The Labute approximate surface area is 121 Å². The fourth-order valence-corrected chi connectivity index (χ4v) is 5.16. The standard InChI is InChI=1S/C16H17BrN2/c1-15-8-7-10(16(15,2)9-17)13-14(15)19-12-6-4-3-5-11(12)18-13/h3-6,10H,7-9H2,1-2H3. The summed E-state index contributed by atoms with van der Waals surface area (Å²) in [6, 6.07) is 8.23. The van der Waals surface area contributed by atoms with Crippen LogP contribution in [0.5, 0.6) is 0 Å². The van der Waals surface area contributed by atoms with Crippen molar-refractivity contribution < 1.29 is 0 Å². The average Bonchev–Trinajstić information content (AvgIpc) is 2.80. The molecule has 1 fully saturated rings. The molecule has 2 aromatic rings. The highest BCUT2D eigenvalue weighted by Gasteiger charge is 2.63. The van der Waals surface area contributed by atoms with Gasteiger partial charge in [0.1, 0.15) is 0 Å². The van der Waals surface area contributed by atoms with Gasteiger partial charge >= 0.3 is 0 Å². The lowest BCUT2D eigenvalue weighted by Crippen LogP contribution is -2.36. The Hall–Kier alpha value is -0.960. The smallest absolute Gasteiger partial charge is 0.0890 e. The van der Waals surface area contributed by atoms with Gasteiger partial charge < -0.3 is 0 Å². The lowest BCUT2D eigenvalue weighted by atomic mass is 9.70. The molecule has 2 bridgehead atoms. The van der Waals surface area contributed by atoms with Crippen LogP contribution in [0.15, 0.2) is 24.3 Å². The van der Waals surface area contributed by atoms with Gasteiger partial charge in [-0.25, -0.2) is 9.97 Å². The Morgan fingerprint density at radius 2 is 1.89 bits per heavy atom. The third-order valence-electron chi connectivity index (χ3n) is 5.69. The molecular formula is C16H17BrN2. The van der Waals surface area contributed by atoms with Crippen LogP contribution in [0.4, 0.5) is 0 Å². The van der Waals surface area contributed by atoms with E-state index in [1.165, 1.54) is 24.2 Å². The quantitative estimate of drug-likeness (QED) is 0.738. The van der Waals surface area contributed by atoms with Crippen molar-refractivity contribution in [3.8, 4) is 0 Å². The minimum atomic E-state index is 0.174. The van der Waals surface area contributed by atoms with E-state index in [1.807, 2.05) is 12.1 Å². The molecule has 2 aliphatic rings. The molecule has 3 unspecified atom stereocenters. The molecule has 0 aliphatic heterocycles. The first kappa shape index (κ1) is 11.8. The first-order chi connectivity index (χ1) is 9.10. The average molecular weight is 317 g/mol. The number of aromatic nitrogens is 2. The number of hydrogen-bond donors (Lipinski definition) is 0. The SMILES string of the molecule is CC12CCC(c3nc4ccccc4nc31)C2(C)CBr. The molecule has 0 amide bonds. The van der Waals surface area contributed by atoms with Crippen LogP contribution in [0, 0.1) is 5.41 Å². The predicted molar refractivity (Wildman–Crippen MR) is 80.8 cm³/mol. The van der Waals surface area contributed by atoms with Crippen LogP contribution in [0.1, 0.15) is 44.0 Å². The van der Waals surface area contributed by atoms with E-state index in [1.54, 1.807) is 0 Å². The van der Waals surface area contributed by atoms with Gasteiger partial charge in [-0.3, -0.25) is 0 Å². The highest BCUT2D eigenvalue weighted by molar-refractivity contribution is 9.09. The van der Waals surface area contributed by atoms with Gasteiger partial charge in [0.15, 0.2) is 0 Å². The molecule has 1 aromatic carbocycles. The van der Waals surface area contributed by atoms with Crippen molar-refractivity contribution in [2.24, 2.45) is 5.41 Å². The second-order valence-electron chi connectivity index (χ2n) is 6.42. The van der Waals surface area contributed by atoms with Gasteiger partial charge in [-0.2, -0.15) is 0 Å². The summed E-state index contributed by atoms with van der Waals surface area (Å²) < 4.78 is 0. The zero-order valence-corrected chi connectivity index (χ0v) is 12.9. The van der Waals surface area contributed by atoms with E-state index in [4.69, 9.17) is 9.97 Å². The molecule has 0 spiro atoms. The van der Waals surface area contributed by atoms with E-state index in [-0.39, 0.29) is 10.8 Å². The normalized spacial score (nSPS) is 35.8. The van der Waals surface area contributed by atoms with Gasteiger partial charge in [0.05, 0.1) is 22.4 Å². The molecule has 19 heavy (non-hydrogen) atoms. The van der Waals surface area contributed by atoms with E-state index in [0.717, 1.165) is 16.4 Å². The maximum atomic E-state index is 4.97. The molecule has 2 aliphatic carbocycles. The first-order valence-corrected chi connectivity index (χ1v) is 8.05. The number of hydrogen-bond acceptors (Lipinski definition) is 2. The summed E-state index contributed by atoms with van der Waals surface area (Å²) in [4.78, 5) is 9.91. The number of halogens is 1. The second kappa shape index (κ2) is 3.57. The summed E-state index contributed by atoms with van der Waals surface area (Å²) in [7, 11) is 0. The largest absolute Gasteiger partial charge is 0.249 e. The molecule has 3 atom stereocenters.